The Morgan fingerprint density at radius 2 is 1.80 bits per heavy atom. The Morgan fingerprint density at radius 3 is 2.30 bits per heavy atom. The minimum atomic E-state index is 0. The molecule has 2 unspecified atom stereocenters. The molecule has 1 heterocycles. The van der Waals surface area contributed by atoms with Crippen LogP contribution in [0.4, 0.5) is 0 Å². The lowest BCUT2D eigenvalue weighted by Crippen LogP contribution is -3.00. The number of methoxy groups -OCH3 is 1. The van der Waals surface area contributed by atoms with E-state index >= 15 is 0 Å². The summed E-state index contributed by atoms with van der Waals surface area (Å²) in [6, 6.07) is 4.33. The topological polar surface area (TPSA) is 22.3 Å². The van der Waals surface area contributed by atoms with Gasteiger partial charge in [-0.3, -0.25) is 0 Å². The highest BCUT2D eigenvalue weighted by molar-refractivity contribution is 5.06. The smallest absolute Gasteiger partial charge is 0.176 e. The van der Waals surface area contributed by atoms with E-state index in [4.69, 9.17) is 9.47 Å². The number of pyridine rings is 1. The first-order chi connectivity index (χ1) is 9.19. The highest BCUT2D eigenvalue weighted by Gasteiger charge is 2.16. The number of rotatable bonds is 9. The van der Waals surface area contributed by atoms with Crippen molar-refractivity contribution >= 4 is 0 Å². The number of aromatic nitrogens is 1. The van der Waals surface area contributed by atoms with Crippen molar-refractivity contribution in [2.45, 2.75) is 46.3 Å². The van der Waals surface area contributed by atoms with Gasteiger partial charge in [0.2, 0.25) is 0 Å². The Hall–Kier alpha value is -0.640. The van der Waals surface area contributed by atoms with Gasteiger partial charge >= 0.3 is 0 Å². The van der Waals surface area contributed by atoms with Gasteiger partial charge in [-0.25, -0.2) is 4.57 Å². The molecule has 0 saturated carbocycles. The lowest BCUT2D eigenvalue weighted by atomic mass is 10.1. The predicted octanol–water partition coefficient (Wildman–Crippen LogP) is -0.382. The normalized spacial score (nSPS) is 13.6. The average Bonchev–Trinajstić information content (AvgIpc) is 2.45. The van der Waals surface area contributed by atoms with Crippen molar-refractivity contribution in [3.8, 4) is 0 Å². The summed E-state index contributed by atoms with van der Waals surface area (Å²) in [7, 11) is 1.73. The molecule has 0 N–H and O–H groups in total. The number of halogens is 1. The van der Waals surface area contributed by atoms with Crippen molar-refractivity contribution in [2.75, 3.05) is 20.3 Å². The molecule has 0 fully saturated rings. The number of ether oxygens (including phenoxy) is 2. The second-order valence-corrected chi connectivity index (χ2v) is 5.18. The lowest BCUT2D eigenvalue weighted by Gasteiger charge is -2.17. The van der Waals surface area contributed by atoms with E-state index in [1.165, 1.54) is 5.56 Å². The van der Waals surface area contributed by atoms with Gasteiger partial charge in [0.1, 0.15) is 6.10 Å². The maximum Gasteiger partial charge on any atom is 0.176 e. The zero-order valence-electron chi connectivity index (χ0n) is 13.1. The van der Waals surface area contributed by atoms with Crippen molar-refractivity contribution in [1.29, 1.82) is 0 Å². The monoisotopic (exact) mass is 301 g/mol. The van der Waals surface area contributed by atoms with Crippen LogP contribution < -0.4 is 17.0 Å². The van der Waals surface area contributed by atoms with Crippen molar-refractivity contribution in [3.63, 3.8) is 0 Å². The molecule has 0 bridgehead atoms. The molecule has 0 spiro atoms. The van der Waals surface area contributed by atoms with Crippen molar-refractivity contribution in [1.82, 2.24) is 0 Å². The van der Waals surface area contributed by atoms with E-state index in [-0.39, 0.29) is 18.5 Å². The van der Waals surface area contributed by atoms with E-state index in [2.05, 4.69) is 49.9 Å². The van der Waals surface area contributed by atoms with Crippen LogP contribution in [-0.2, 0) is 22.4 Å². The standard InChI is InChI=1S/C16H28NO2.ClH/c1-5-14(3)12-19-16(13-18-4)11-17-9-7-15(6-2)8-10-17;/h7-10,14,16H,5-6,11-13H2,1-4H3;1H/q+1;/p-1. The van der Waals surface area contributed by atoms with Gasteiger partial charge in [0.05, 0.1) is 6.61 Å². The molecule has 2 atom stereocenters. The fourth-order valence-electron chi connectivity index (χ4n) is 1.84. The van der Waals surface area contributed by atoms with Gasteiger partial charge in [-0.1, -0.05) is 27.2 Å². The van der Waals surface area contributed by atoms with E-state index < -0.39 is 0 Å². The largest absolute Gasteiger partial charge is 1.00 e. The van der Waals surface area contributed by atoms with Crippen LogP contribution >= 0.6 is 0 Å². The molecule has 0 saturated heterocycles. The fourth-order valence-corrected chi connectivity index (χ4v) is 1.84. The minimum Gasteiger partial charge on any atom is -1.00 e. The zero-order valence-corrected chi connectivity index (χ0v) is 13.9. The van der Waals surface area contributed by atoms with Crippen LogP contribution in [0.1, 0.15) is 32.8 Å². The third kappa shape index (κ3) is 7.22. The van der Waals surface area contributed by atoms with E-state index in [9.17, 15) is 0 Å². The van der Waals surface area contributed by atoms with E-state index in [1.54, 1.807) is 7.11 Å². The van der Waals surface area contributed by atoms with Gasteiger partial charge in [0, 0.05) is 25.8 Å². The highest BCUT2D eigenvalue weighted by Crippen LogP contribution is 2.04. The first-order valence-electron chi connectivity index (χ1n) is 7.28. The molecule has 1 aromatic rings. The molecule has 0 aliphatic rings. The molecule has 1 rings (SSSR count). The molecule has 4 heteroatoms. The van der Waals surface area contributed by atoms with Crippen LogP contribution in [0.5, 0.6) is 0 Å². The first-order valence-corrected chi connectivity index (χ1v) is 7.28. The third-order valence-corrected chi connectivity index (χ3v) is 3.45. The van der Waals surface area contributed by atoms with Gasteiger partial charge in [0.15, 0.2) is 18.9 Å². The molecular formula is C16H28ClNO2. The van der Waals surface area contributed by atoms with E-state index in [0.717, 1.165) is 26.0 Å². The number of nitrogens with zero attached hydrogens (tertiary/aromatic N) is 1. The summed E-state index contributed by atoms with van der Waals surface area (Å²) in [5, 5.41) is 0. The zero-order chi connectivity index (χ0) is 14.1. The molecule has 0 aromatic carbocycles. The Kier molecular flexibility index (Phi) is 10.7. The van der Waals surface area contributed by atoms with Crippen LogP contribution in [0.3, 0.4) is 0 Å². The molecule has 3 nitrogen and oxygen atoms in total. The predicted molar refractivity (Wildman–Crippen MR) is 77.1 cm³/mol. The summed E-state index contributed by atoms with van der Waals surface area (Å²) < 4.78 is 13.4. The lowest BCUT2D eigenvalue weighted by molar-refractivity contribution is -0.704. The Labute approximate surface area is 129 Å². The summed E-state index contributed by atoms with van der Waals surface area (Å²) >= 11 is 0. The number of aryl methyl sites for hydroxylation is 1. The SMILES string of the molecule is CCc1cc[n+](CC(COC)OCC(C)CC)cc1.[Cl-]. The van der Waals surface area contributed by atoms with Crippen LogP contribution in [0.15, 0.2) is 24.5 Å². The maximum absolute atomic E-state index is 5.95. The second kappa shape index (κ2) is 11.1. The second-order valence-electron chi connectivity index (χ2n) is 5.18. The van der Waals surface area contributed by atoms with E-state index in [1.807, 2.05) is 0 Å². The minimum absolute atomic E-state index is 0. The molecule has 20 heavy (non-hydrogen) atoms. The van der Waals surface area contributed by atoms with Crippen molar-refractivity contribution in [3.05, 3.63) is 30.1 Å². The van der Waals surface area contributed by atoms with E-state index in [0.29, 0.717) is 12.5 Å². The summed E-state index contributed by atoms with van der Waals surface area (Å²) in [5.74, 6) is 0.604. The van der Waals surface area contributed by atoms with Gasteiger partial charge in [-0.05, 0) is 17.9 Å². The maximum atomic E-state index is 5.95. The number of hydrogen-bond donors (Lipinski definition) is 0. The fraction of sp³-hybridized carbons (Fsp3) is 0.688. The molecule has 0 aliphatic carbocycles. The molecular weight excluding hydrogens is 274 g/mol. The summed E-state index contributed by atoms with van der Waals surface area (Å²) in [4.78, 5) is 0. The van der Waals surface area contributed by atoms with Gasteiger partial charge in [0.25, 0.3) is 0 Å². The molecule has 0 radical (unpaired) electrons. The van der Waals surface area contributed by atoms with Crippen LogP contribution in [0.25, 0.3) is 0 Å². The van der Waals surface area contributed by atoms with Crippen molar-refractivity contribution < 1.29 is 26.4 Å². The van der Waals surface area contributed by atoms with Crippen LogP contribution in [0, 0.1) is 5.92 Å². The average molecular weight is 302 g/mol. The van der Waals surface area contributed by atoms with Crippen molar-refractivity contribution in [2.24, 2.45) is 5.92 Å². The Morgan fingerprint density at radius 1 is 1.15 bits per heavy atom. The molecule has 1 aromatic heterocycles. The highest BCUT2D eigenvalue weighted by atomic mass is 35.5. The van der Waals surface area contributed by atoms with Crippen LogP contribution in [-0.4, -0.2) is 26.4 Å². The Balaban J connectivity index is 0.00000361. The summed E-state index contributed by atoms with van der Waals surface area (Å²) in [6.07, 6.45) is 6.59. The molecule has 0 aliphatic heterocycles. The van der Waals surface area contributed by atoms with Gasteiger partial charge < -0.3 is 21.9 Å². The van der Waals surface area contributed by atoms with Gasteiger partial charge in [-0.15, -0.1) is 0 Å². The summed E-state index contributed by atoms with van der Waals surface area (Å²) in [6.45, 7) is 8.86. The third-order valence-electron chi connectivity index (χ3n) is 3.45. The summed E-state index contributed by atoms with van der Waals surface area (Å²) in [5.41, 5.74) is 1.36. The van der Waals surface area contributed by atoms with Crippen LogP contribution in [0.2, 0.25) is 0 Å². The first kappa shape index (κ1) is 19.4. The Bertz CT molecular complexity index is 343. The van der Waals surface area contributed by atoms with Gasteiger partial charge in [-0.2, -0.15) is 0 Å². The molecule has 116 valence electrons. The quantitative estimate of drug-likeness (QED) is 0.580. The number of hydrogen-bond acceptors (Lipinski definition) is 2. The molecule has 0 amide bonds.